The molecule has 0 bridgehead atoms. The Labute approximate surface area is 238 Å². The number of carboxylic acid groups (broad SMARTS) is 1. The number of aromatic nitrogens is 1. The van der Waals surface area contributed by atoms with Crippen LogP contribution in [-0.2, 0) is 11.3 Å². The molecular weight excluding hydrogens is 523 g/mol. The van der Waals surface area contributed by atoms with Crippen LogP contribution in [0.2, 0.25) is 0 Å². The fraction of sp³-hybridized carbons (Fsp3) is 0.273. The van der Waals surface area contributed by atoms with Crippen LogP contribution in [0.1, 0.15) is 55.1 Å². The first kappa shape index (κ1) is 29.7. The smallest absolute Gasteiger partial charge is 0.305 e. The molecule has 4 rings (SSSR count). The molecule has 0 saturated carbocycles. The maximum absolute atomic E-state index is 14.0. The van der Waals surface area contributed by atoms with Crippen LogP contribution in [0.3, 0.4) is 0 Å². The number of hydrogen-bond donors (Lipinski definition) is 4. The number of aliphatic carboxylic acids is 1. The van der Waals surface area contributed by atoms with Gasteiger partial charge in [-0.15, -0.1) is 0 Å². The van der Waals surface area contributed by atoms with E-state index in [1.807, 2.05) is 79.1 Å². The number of halogens is 1. The fourth-order valence-corrected chi connectivity index (χ4v) is 5.20. The van der Waals surface area contributed by atoms with E-state index in [1.54, 1.807) is 12.1 Å². The van der Waals surface area contributed by atoms with Crippen molar-refractivity contribution in [2.75, 3.05) is 5.32 Å². The number of nitrogens with zero attached hydrogens (tertiary/aromatic N) is 1. The lowest BCUT2D eigenvalue weighted by Crippen LogP contribution is -2.22. The number of hydrogen-bond acceptors (Lipinski definition) is 4. The van der Waals surface area contributed by atoms with Gasteiger partial charge in [-0.3, -0.25) is 9.59 Å². The van der Waals surface area contributed by atoms with Gasteiger partial charge in [-0.25, -0.2) is 4.39 Å². The third-order valence-electron chi connectivity index (χ3n) is 6.93. The van der Waals surface area contributed by atoms with Crippen molar-refractivity contribution in [3.63, 3.8) is 0 Å². The van der Waals surface area contributed by atoms with Gasteiger partial charge in [0.1, 0.15) is 5.82 Å². The lowest BCUT2D eigenvalue weighted by atomic mass is 9.94. The number of aliphatic hydroxyl groups is 2. The summed E-state index contributed by atoms with van der Waals surface area (Å²) in [7, 11) is 0. The summed E-state index contributed by atoms with van der Waals surface area (Å²) in [6, 6.07) is 24.8. The highest BCUT2D eigenvalue weighted by Crippen LogP contribution is 2.42. The van der Waals surface area contributed by atoms with Crippen molar-refractivity contribution in [2.24, 2.45) is 0 Å². The van der Waals surface area contributed by atoms with Crippen molar-refractivity contribution in [1.29, 1.82) is 0 Å². The van der Waals surface area contributed by atoms with Crippen molar-refractivity contribution < 1.29 is 29.3 Å². The van der Waals surface area contributed by atoms with Crippen LogP contribution in [0, 0.1) is 5.82 Å². The summed E-state index contributed by atoms with van der Waals surface area (Å²) in [5, 5.41) is 32.8. The number of rotatable bonds is 12. The van der Waals surface area contributed by atoms with Gasteiger partial charge in [-0.1, -0.05) is 62.4 Å². The molecule has 0 saturated heterocycles. The topological polar surface area (TPSA) is 112 Å². The average Bonchev–Trinajstić information content (AvgIpc) is 3.28. The van der Waals surface area contributed by atoms with Gasteiger partial charge in [0.15, 0.2) is 0 Å². The highest BCUT2D eigenvalue weighted by Gasteiger charge is 2.31. The van der Waals surface area contributed by atoms with E-state index in [0.717, 1.165) is 11.3 Å². The SMILES string of the molecule is CC(C)c1c(C(=O)Nc2ccccc2)c(-c2ccccc2)c(-c2ccc(F)cc2)n1CC[C@@H](O)CC(O)CC(=O)O. The number of carbonyl (C=O) groups excluding carboxylic acids is 1. The predicted molar refractivity (Wildman–Crippen MR) is 157 cm³/mol. The molecule has 1 heterocycles. The Bertz CT molecular complexity index is 1470. The van der Waals surface area contributed by atoms with Gasteiger partial charge in [0, 0.05) is 23.5 Å². The predicted octanol–water partition coefficient (Wildman–Crippen LogP) is 6.31. The first-order valence-electron chi connectivity index (χ1n) is 13.7. The van der Waals surface area contributed by atoms with Gasteiger partial charge < -0.3 is 25.2 Å². The number of carboxylic acids is 1. The molecule has 0 spiro atoms. The zero-order valence-corrected chi connectivity index (χ0v) is 23.1. The van der Waals surface area contributed by atoms with Crippen LogP contribution in [0.25, 0.3) is 22.4 Å². The number of anilines is 1. The van der Waals surface area contributed by atoms with E-state index in [9.17, 15) is 24.2 Å². The van der Waals surface area contributed by atoms with E-state index in [-0.39, 0.29) is 37.0 Å². The molecule has 3 aromatic carbocycles. The van der Waals surface area contributed by atoms with Gasteiger partial charge in [0.2, 0.25) is 0 Å². The highest BCUT2D eigenvalue weighted by atomic mass is 19.1. The molecule has 0 fully saturated rings. The minimum Gasteiger partial charge on any atom is -0.481 e. The molecular formula is C33H35FN2O5. The molecule has 1 aromatic heterocycles. The number of carbonyl (C=O) groups is 2. The van der Waals surface area contributed by atoms with E-state index in [1.165, 1.54) is 12.1 Å². The monoisotopic (exact) mass is 558 g/mol. The number of amides is 1. The van der Waals surface area contributed by atoms with Gasteiger partial charge in [0.05, 0.1) is 29.9 Å². The Balaban J connectivity index is 1.89. The summed E-state index contributed by atoms with van der Waals surface area (Å²) in [5.74, 6) is -1.93. The van der Waals surface area contributed by atoms with Crippen molar-refractivity contribution in [3.8, 4) is 22.4 Å². The zero-order chi connectivity index (χ0) is 29.5. The number of para-hydroxylation sites is 1. The second-order valence-corrected chi connectivity index (χ2v) is 10.4. The van der Waals surface area contributed by atoms with Gasteiger partial charge in [-0.05, 0) is 66.3 Å². The maximum atomic E-state index is 14.0. The quantitative estimate of drug-likeness (QED) is 0.163. The minimum absolute atomic E-state index is 0.0939. The normalized spacial score (nSPS) is 12.7. The summed E-state index contributed by atoms with van der Waals surface area (Å²) < 4.78 is 16.0. The summed E-state index contributed by atoms with van der Waals surface area (Å²) in [4.78, 5) is 25.0. The highest BCUT2D eigenvalue weighted by molar-refractivity contribution is 6.12. The van der Waals surface area contributed by atoms with Crippen molar-refractivity contribution >= 4 is 17.6 Å². The van der Waals surface area contributed by atoms with E-state index in [0.29, 0.717) is 28.1 Å². The second kappa shape index (κ2) is 13.4. The summed E-state index contributed by atoms with van der Waals surface area (Å²) in [6.07, 6.45) is -2.51. The van der Waals surface area contributed by atoms with Gasteiger partial charge in [0.25, 0.3) is 5.91 Å². The summed E-state index contributed by atoms with van der Waals surface area (Å²) >= 11 is 0. The molecule has 41 heavy (non-hydrogen) atoms. The molecule has 1 unspecified atom stereocenters. The average molecular weight is 559 g/mol. The molecule has 2 atom stereocenters. The number of benzene rings is 3. The Morgan fingerprint density at radius 3 is 2.05 bits per heavy atom. The molecule has 214 valence electrons. The lowest BCUT2D eigenvalue weighted by molar-refractivity contribution is -0.139. The van der Waals surface area contributed by atoms with E-state index in [4.69, 9.17) is 5.11 Å². The van der Waals surface area contributed by atoms with Gasteiger partial charge >= 0.3 is 5.97 Å². The third kappa shape index (κ3) is 7.28. The van der Waals surface area contributed by atoms with Crippen molar-refractivity contribution in [3.05, 3.63) is 102 Å². The maximum Gasteiger partial charge on any atom is 0.305 e. The third-order valence-corrected chi connectivity index (χ3v) is 6.93. The molecule has 7 nitrogen and oxygen atoms in total. The molecule has 1 amide bonds. The largest absolute Gasteiger partial charge is 0.481 e. The van der Waals surface area contributed by atoms with Crippen LogP contribution in [0.5, 0.6) is 0 Å². The van der Waals surface area contributed by atoms with Crippen molar-refractivity contribution in [2.45, 2.75) is 57.8 Å². The van der Waals surface area contributed by atoms with Crippen LogP contribution < -0.4 is 5.32 Å². The number of nitrogens with one attached hydrogen (secondary N) is 1. The van der Waals surface area contributed by atoms with E-state index in [2.05, 4.69) is 5.32 Å². The summed E-state index contributed by atoms with van der Waals surface area (Å²) in [6.45, 7) is 4.25. The van der Waals surface area contributed by atoms with Crippen LogP contribution >= 0.6 is 0 Å². The van der Waals surface area contributed by atoms with Gasteiger partial charge in [-0.2, -0.15) is 0 Å². The van der Waals surface area contributed by atoms with Crippen LogP contribution in [-0.4, -0.2) is 44.0 Å². The van der Waals surface area contributed by atoms with Crippen LogP contribution in [0.15, 0.2) is 84.9 Å². The lowest BCUT2D eigenvalue weighted by Gasteiger charge is -2.20. The molecule has 4 aromatic rings. The minimum atomic E-state index is -1.18. The molecule has 0 radical (unpaired) electrons. The fourth-order valence-electron chi connectivity index (χ4n) is 5.20. The first-order chi connectivity index (χ1) is 19.7. The Hall–Kier alpha value is -4.27. The molecule has 0 aliphatic heterocycles. The Kier molecular flexibility index (Phi) is 9.70. The Morgan fingerprint density at radius 2 is 1.46 bits per heavy atom. The van der Waals surface area contributed by atoms with E-state index < -0.39 is 24.6 Å². The number of aliphatic hydroxyl groups excluding tert-OH is 2. The first-order valence-corrected chi connectivity index (χ1v) is 13.7. The molecule has 0 aliphatic rings. The van der Waals surface area contributed by atoms with Crippen LogP contribution in [0.4, 0.5) is 10.1 Å². The molecule has 4 N–H and O–H groups in total. The molecule has 0 aliphatic carbocycles. The second-order valence-electron chi connectivity index (χ2n) is 10.4. The standard InChI is InChI=1S/C33H35FN2O5/c1-21(2)31-30(33(41)35-25-11-7-4-8-12-25)29(22-9-5-3-6-10-22)32(23-13-15-24(34)16-14-23)36(31)18-17-26(37)19-27(38)20-28(39)40/h3-16,21,26-27,37-38H,17-20H2,1-2H3,(H,35,41)(H,39,40)/t26-,27?/m1/s1. The zero-order valence-electron chi connectivity index (χ0n) is 23.1. The molecule has 8 heteroatoms. The van der Waals surface area contributed by atoms with E-state index >= 15 is 0 Å². The van der Waals surface area contributed by atoms with Crippen molar-refractivity contribution in [1.82, 2.24) is 4.57 Å². The Morgan fingerprint density at radius 1 is 0.854 bits per heavy atom. The summed E-state index contributed by atoms with van der Waals surface area (Å²) in [5.41, 5.74) is 4.77.